The fourth-order valence-electron chi connectivity index (χ4n) is 2.09. The van der Waals surface area contributed by atoms with Crippen LogP contribution < -0.4 is 5.73 Å². The Kier molecular flexibility index (Phi) is 3.45. The molecule has 1 heterocycles. The Morgan fingerprint density at radius 2 is 1.95 bits per heavy atom. The molecule has 0 fully saturated rings. The molecule has 0 saturated heterocycles. The van der Waals surface area contributed by atoms with Crippen LogP contribution in [0.1, 0.15) is 37.7 Å². The highest BCUT2D eigenvalue weighted by atomic mass is 15.3. The minimum absolute atomic E-state index is 0.156. The largest absolute Gasteiger partial charge is 0.324 e. The highest BCUT2D eigenvalue weighted by Crippen LogP contribution is 2.27. The summed E-state index contributed by atoms with van der Waals surface area (Å²) in [6.45, 7) is 9.15. The Morgan fingerprint density at radius 1 is 1.26 bits per heavy atom. The smallest absolute Gasteiger partial charge is 0.181 e. The second kappa shape index (κ2) is 4.78. The number of benzene rings is 1. The molecule has 0 saturated carbocycles. The van der Waals surface area contributed by atoms with Crippen molar-refractivity contribution in [3.63, 3.8) is 0 Å². The average molecular weight is 258 g/mol. The summed E-state index contributed by atoms with van der Waals surface area (Å²) in [6.07, 6.45) is 0. The summed E-state index contributed by atoms with van der Waals surface area (Å²) in [7, 11) is 1.87. The van der Waals surface area contributed by atoms with E-state index in [0.717, 1.165) is 17.2 Å². The molecule has 0 atom stereocenters. The maximum absolute atomic E-state index is 5.64. The molecule has 0 radical (unpaired) electrons. The Bertz CT molecular complexity index is 591. The number of nitrogens with zero attached hydrogens (tertiary/aromatic N) is 3. The quantitative estimate of drug-likeness (QED) is 0.900. The summed E-state index contributed by atoms with van der Waals surface area (Å²) in [6, 6.07) is 6.47. The van der Waals surface area contributed by atoms with E-state index < -0.39 is 0 Å². The van der Waals surface area contributed by atoms with Crippen LogP contribution in [0.25, 0.3) is 11.4 Å². The van der Waals surface area contributed by atoms with Crippen LogP contribution >= 0.6 is 0 Å². The molecule has 0 spiro atoms. The van der Waals surface area contributed by atoms with E-state index in [1.807, 2.05) is 7.05 Å². The molecule has 2 rings (SSSR count). The monoisotopic (exact) mass is 258 g/mol. The third-order valence-electron chi connectivity index (χ3n) is 3.37. The molecule has 0 bridgehead atoms. The topological polar surface area (TPSA) is 56.7 Å². The third kappa shape index (κ3) is 2.68. The lowest BCUT2D eigenvalue weighted by molar-refractivity contribution is 0.590. The summed E-state index contributed by atoms with van der Waals surface area (Å²) in [5.41, 5.74) is 9.39. The normalized spacial score (nSPS) is 11.9. The maximum Gasteiger partial charge on any atom is 0.181 e. The molecule has 0 aliphatic carbocycles. The minimum Gasteiger partial charge on any atom is -0.324 e. The number of aromatic nitrogens is 3. The summed E-state index contributed by atoms with van der Waals surface area (Å²) < 4.78 is 1.74. The van der Waals surface area contributed by atoms with Gasteiger partial charge in [-0.05, 0) is 23.5 Å². The molecular formula is C15H22N4. The van der Waals surface area contributed by atoms with Crippen LogP contribution in [-0.4, -0.2) is 14.8 Å². The number of rotatable bonds is 2. The number of hydrogen-bond donors (Lipinski definition) is 1. The van der Waals surface area contributed by atoms with Crippen molar-refractivity contribution in [1.29, 1.82) is 0 Å². The van der Waals surface area contributed by atoms with Gasteiger partial charge in [-0.1, -0.05) is 39.0 Å². The standard InChI is InChI=1S/C15H22N4/c1-10-8-11(15(2,3)4)6-7-12(10)14-17-13(9-16)19(5)18-14/h6-8H,9,16H2,1-5H3. The van der Waals surface area contributed by atoms with E-state index >= 15 is 0 Å². The van der Waals surface area contributed by atoms with Crippen LogP contribution in [0.4, 0.5) is 0 Å². The first-order valence-electron chi connectivity index (χ1n) is 6.54. The SMILES string of the molecule is Cc1cc(C(C)(C)C)ccc1-c1nc(CN)n(C)n1. The van der Waals surface area contributed by atoms with E-state index in [4.69, 9.17) is 5.73 Å². The summed E-state index contributed by atoms with van der Waals surface area (Å²) in [5, 5.41) is 4.43. The highest BCUT2D eigenvalue weighted by Gasteiger charge is 2.16. The van der Waals surface area contributed by atoms with Gasteiger partial charge in [-0.15, -0.1) is 0 Å². The highest BCUT2D eigenvalue weighted by molar-refractivity contribution is 5.60. The van der Waals surface area contributed by atoms with Gasteiger partial charge in [0.1, 0.15) is 5.82 Å². The van der Waals surface area contributed by atoms with Gasteiger partial charge in [-0.25, -0.2) is 4.98 Å². The first-order chi connectivity index (χ1) is 8.82. The van der Waals surface area contributed by atoms with E-state index in [1.165, 1.54) is 11.1 Å². The molecule has 1 aromatic heterocycles. The van der Waals surface area contributed by atoms with Crippen LogP contribution in [0.2, 0.25) is 0 Å². The van der Waals surface area contributed by atoms with Crippen molar-refractivity contribution in [3.05, 3.63) is 35.2 Å². The van der Waals surface area contributed by atoms with Gasteiger partial charge in [0.05, 0.1) is 6.54 Å². The molecule has 0 unspecified atom stereocenters. The van der Waals surface area contributed by atoms with Gasteiger partial charge in [-0.2, -0.15) is 5.10 Å². The molecule has 0 aliphatic rings. The van der Waals surface area contributed by atoms with Crippen molar-refractivity contribution in [2.45, 2.75) is 39.7 Å². The zero-order valence-electron chi connectivity index (χ0n) is 12.4. The molecule has 102 valence electrons. The Morgan fingerprint density at radius 3 is 2.42 bits per heavy atom. The van der Waals surface area contributed by atoms with Crippen molar-refractivity contribution in [2.75, 3.05) is 0 Å². The fourth-order valence-corrected chi connectivity index (χ4v) is 2.09. The number of aryl methyl sites for hydroxylation is 2. The number of hydrogen-bond acceptors (Lipinski definition) is 3. The predicted octanol–water partition coefficient (Wildman–Crippen LogP) is 2.55. The van der Waals surface area contributed by atoms with E-state index in [9.17, 15) is 0 Å². The van der Waals surface area contributed by atoms with E-state index in [0.29, 0.717) is 6.54 Å². The summed E-state index contributed by atoms with van der Waals surface area (Å²) in [4.78, 5) is 4.48. The molecular weight excluding hydrogens is 236 g/mol. The van der Waals surface area contributed by atoms with Gasteiger partial charge in [0, 0.05) is 12.6 Å². The maximum atomic E-state index is 5.64. The molecule has 2 aromatic rings. The van der Waals surface area contributed by atoms with Crippen LogP contribution in [0.5, 0.6) is 0 Å². The average Bonchev–Trinajstić information content (AvgIpc) is 2.69. The van der Waals surface area contributed by atoms with Gasteiger partial charge in [0.25, 0.3) is 0 Å². The second-order valence-electron chi connectivity index (χ2n) is 5.96. The molecule has 0 aliphatic heterocycles. The molecule has 2 N–H and O–H groups in total. The summed E-state index contributed by atoms with van der Waals surface area (Å²) in [5.74, 6) is 1.55. The van der Waals surface area contributed by atoms with Crippen molar-refractivity contribution < 1.29 is 0 Å². The zero-order chi connectivity index (χ0) is 14.2. The number of nitrogens with two attached hydrogens (primary N) is 1. The van der Waals surface area contributed by atoms with Gasteiger partial charge in [0.2, 0.25) is 0 Å². The molecule has 1 aromatic carbocycles. The van der Waals surface area contributed by atoms with Crippen molar-refractivity contribution in [3.8, 4) is 11.4 Å². The molecule has 4 heteroatoms. The third-order valence-corrected chi connectivity index (χ3v) is 3.37. The summed E-state index contributed by atoms with van der Waals surface area (Å²) >= 11 is 0. The molecule has 4 nitrogen and oxygen atoms in total. The van der Waals surface area contributed by atoms with Crippen LogP contribution in [-0.2, 0) is 19.0 Å². The van der Waals surface area contributed by atoms with Gasteiger partial charge < -0.3 is 5.73 Å². The predicted molar refractivity (Wildman–Crippen MR) is 77.8 cm³/mol. The Balaban J connectivity index is 2.46. The second-order valence-corrected chi connectivity index (χ2v) is 5.96. The Labute approximate surface area is 114 Å². The minimum atomic E-state index is 0.156. The van der Waals surface area contributed by atoms with E-state index in [1.54, 1.807) is 4.68 Å². The Hall–Kier alpha value is -1.68. The van der Waals surface area contributed by atoms with Crippen LogP contribution in [0, 0.1) is 6.92 Å². The van der Waals surface area contributed by atoms with Gasteiger partial charge in [0.15, 0.2) is 5.82 Å². The van der Waals surface area contributed by atoms with Crippen molar-refractivity contribution >= 4 is 0 Å². The fraction of sp³-hybridized carbons (Fsp3) is 0.467. The first kappa shape index (κ1) is 13.7. The van der Waals surface area contributed by atoms with Crippen molar-refractivity contribution in [2.24, 2.45) is 12.8 Å². The zero-order valence-corrected chi connectivity index (χ0v) is 12.4. The molecule has 19 heavy (non-hydrogen) atoms. The van der Waals surface area contributed by atoms with Crippen LogP contribution in [0.3, 0.4) is 0 Å². The van der Waals surface area contributed by atoms with Crippen LogP contribution in [0.15, 0.2) is 18.2 Å². The van der Waals surface area contributed by atoms with Gasteiger partial charge in [-0.3, -0.25) is 4.68 Å². The van der Waals surface area contributed by atoms with Gasteiger partial charge >= 0.3 is 0 Å². The molecule has 0 amide bonds. The lowest BCUT2D eigenvalue weighted by Crippen LogP contribution is -2.11. The van der Waals surface area contributed by atoms with E-state index in [-0.39, 0.29) is 5.41 Å². The van der Waals surface area contributed by atoms with Crippen molar-refractivity contribution in [1.82, 2.24) is 14.8 Å². The van der Waals surface area contributed by atoms with E-state index in [2.05, 4.69) is 56.0 Å². The lowest BCUT2D eigenvalue weighted by Gasteiger charge is -2.20. The first-order valence-corrected chi connectivity index (χ1v) is 6.54. The lowest BCUT2D eigenvalue weighted by atomic mass is 9.85.